The molecule has 1 aliphatic carbocycles. The van der Waals surface area contributed by atoms with Gasteiger partial charge in [-0.05, 0) is 25.0 Å². The number of rotatable bonds is 3. The summed E-state index contributed by atoms with van der Waals surface area (Å²) in [6, 6.07) is 7.58. The Hall–Kier alpha value is -1.71. The molecule has 98 valence electrons. The van der Waals surface area contributed by atoms with Gasteiger partial charge >= 0.3 is 6.03 Å². The number of benzene rings is 1. The van der Waals surface area contributed by atoms with E-state index in [9.17, 15) is 4.79 Å². The highest BCUT2D eigenvalue weighted by Crippen LogP contribution is 2.23. The van der Waals surface area contributed by atoms with Gasteiger partial charge in [-0.1, -0.05) is 31.4 Å². The summed E-state index contributed by atoms with van der Waals surface area (Å²) in [4.78, 5) is 11.9. The molecule has 18 heavy (non-hydrogen) atoms. The first-order chi connectivity index (χ1) is 8.79. The third-order valence-electron chi connectivity index (χ3n) is 3.30. The number of carbonyl (C=O) groups excluding carboxylic acids is 1. The molecule has 0 radical (unpaired) electrons. The van der Waals surface area contributed by atoms with Crippen molar-refractivity contribution in [3.63, 3.8) is 0 Å². The van der Waals surface area contributed by atoms with E-state index >= 15 is 0 Å². The van der Waals surface area contributed by atoms with Gasteiger partial charge in [0.15, 0.2) is 0 Å². The predicted molar refractivity (Wildman–Crippen MR) is 72.0 cm³/mol. The van der Waals surface area contributed by atoms with Crippen LogP contribution in [-0.4, -0.2) is 19.2 Å². The van der Waals surface area contributed by atoms with E-state index in [-0.39, 0.29) is 6.03 Å². The summed E-state index contributed by atoms with van der Waals surface area (Å²) in [7, 11) is 1.60. The first-order valence-electron chi connectivity index (χ1n) is 6.50. The Labute approximate surface area is 108 Å². The van der Waals surface area contributed by atoms with Gasteiger partial charge in [0, 0.05) is 6.04 Å². The standard InChI is InChI=1S/C14H20N2O2/c1-18-13-10-6-5-9-12(13)16-14(17)15-11-7-3-2-4-8-11/h5-6,9-11H,2-4,7-8H2,1H3,(H2,15,16,17). The van der Waals surface area contributed by atoms with Crippen LogP contribution in [0.1, 0.15) is 32.1 Å². The van der Waals surface area contributed by atoms with Crippen molar-refractivity contribution in [2.75, 3.05) is 12.4 Å². The lowest BCUT2D eigenvalue weighted by molar-refractivity contribution is 0.244. The summed E-state index contributed by atoms with van der Waals surface area (Å²) in [6.45, 7) is 0. The van der Waals surface area contributed by atoms with E-state index in [4.69, 9.17) is 4.74 Å². The maximum Gasteiger partial charge on any atom is 0.319 e. The van der Waals surface area contributed by atoms with Gasteiger partial charge in [-0.3, -0.25) is 0 Å². The van der Waals surface area contributed by atoms with Crippen molar-refractivity contribution in [2.24, 2.45) is 0 Å². The first-order valence-corrected chi connectivity index (χ1v) is 6.50. The fraction of sp³-hybridized carbons (Fsp3) is 0.500. The molecule has 0 bridgehead atoms. The number of ether oxygens (including phenoxy) is 1. The van der Waals surface area contributed by atoms with Crippen LogP contribution in [0.4, 0.5) is 10.5 Å². The molecule has 0 spiro atoms. The van der Waals surface area contributed by atoms with Crippen LogP contribution >= 0.6 is 0 Å². The minimum absolute atomic E-state index is 0.147. The molecule has 0 aliphatic heterocycles. The third kappa shape index (κ3) is 3.39. The van der Waals surface area contributed by atoms with Gasteiger partial charge in [0.2, 0.25) is 0 Å². The predicted octanol–water partition coefficient (Wildman–Crippen LogP) is 3.15. The number of carbonyl (C=O) groups is 1. The summed E-state index contributed by atoms with van der Waals surface area (Å²) in [5, 5.41) is 5.85. The van der Waals surface area contributed by atoms with Crippen molar-refractivity contribution in [1.29, 1.82) is 0 Å². The van der Waals surface area contributed by atoms with Gasteiger partial charge in [0.1, 0.15) is 5.75 Å². The van der Waals surface area contributed by atoms with E-state index in [0.29, 0.717) is 17.5 Å². The quantitative estimate of drug-likeness (QED) is 0.863. The second kappa shape index (κ2) is 6.28. The van der Waals surface area contributed by atoms with Crippen LogP contribution in [0.2, 0.25) is 0 Å². The van der Waals surface area contributed by atoms with E-state index in [0.717, 1.165) is 12.8 Å². The smallest absolute Gasteiger partial charge is 0.319 e. The lowest BCUT2D eigenvalue weighted by Gasteiger charge is -2.23. The Balaban J connectivity index is 1.90. The topological polar surface area (TPSA) is 50.4 Å². The summed E-state index contributed by atoms with van der Waals surface area (Å²) >= 11 is 0. The number of para-hydroxylation sites is 2. The van der Waals surface area contributed by atoms with Gasteiger partial charge in [-0.25, -0.2) is 4.79 Å². The fourth-order valence-electron chi connectivity index (χ4n) is 2.34. The number of urea groups is 1. The molecule has 1 saturated carbocycles. The summed E-state index contributed by atoms with van der Waals surface area (Å²) in [5.74, 6) is 0.677. The lowest BCUT2D eigenvalue weighted by atomic mass is 9.96. The molecule has 0 aromatic heterocycles. The molecule has 2 rings (SSSR count). The van der Waals surface area contributed by atoms with Gasteiger partial charge in [0.05, 0.1) is 12.8 Å². The van der Waals surface area contributed by atoms with E-state index in [1.54, 1.807) is 7.11 Å². The molecule has 1 fully saturated rings. The maximum absolute atomic E-state index is 11.9. The monoisotopic (exact) mass is 248 g/mol. The van der Waals surface area contributed by atoms with Crippen LogP contribution < -0.4 is 15.4 Å². The molecule has 4 heteroatoms. The SMILES string of the molecule is COc1ccccc1NC(=O)NC1CCCCC1. The number of methoxy groups -OCH3 is 1. The second-order valence-corrected chi connectivity index (χ2v) is 4.63. The molecule has 1 aromatic carbocycles. The molecule has 0 heterocycles. The Bertz CT molecular complexity index is 401. The Morgan fingerprint density at radius 1 is 1.22 bits per heavy atom. The van der Waals surface area contributed by atoms with Crippen LogP contribution in [0.5, 0.6) is 5.75 Å². The van der Waals surface area contributed by atoms with Crippen molar-refractivity contribution in [3.05, 3.63) is 24.3 Å². The first kappa shape index (κ1) is 12.7. The molecule has 2 N–H and O–H groups in total. The van der Waals surface area contributed by atoms with Crippen molar-refractivity contribution in [3.8, 4) is 5.75 Å². The van der Waals surface area contributed by atoms with Crippen LogP contribution in [0, 0.1) is 0 Å². The molecule has 1 aromatic rings. The number of nitrogens with one attached hydrogen (secondary N) is 2. The van der Waals surface area contributed by atoms with E-state index in [2.05, 4.69) is 10.6 Å². The number of hydrogen-bond acceptors (Lipinski definition) is 2. The zero-order chi connectivity index (χ0) is 12.8. The van der Waals surface area contributed by atoms with Crippen molar-refractivity contribution >= 4 is 11.7 Å². The average Bonchev–Trinajstić information content (AvgIpc) is 2.40. The Morgan fingerprint density at radius 3 is 2.67 bits per heavy atom. The highest BCUT2D eigenvalue weighted by Gasteiger charge is 2.16. The van der Waals surface area contributed by atoms with Gasteiger partial charge in [-0.15, -0.1) is 0 Å². The number of anilines is 1. The maximum atomic E-state index is 11.9. The third-order valence-corrected chi connectivity index (χ3v) is 3.30. The summed E-state index contributed by atoms with van der Waals surface area (Å²) < 4.78 is 5.19. The zero-order valence-corrected chi connectivity index (χ0v) is 10.7. The van der Waals surface area contributed by atoms with Crippen molar-refractivity contribution in [2.45, 2.75) is 38.1 Å². The molecule has 0 saturated heterocycles. The molecule has 2 amide bonds. The second-order valence-electron chi connectivity index (χ2n) is 4.63. The highest BCUT2D eigenvalue weighted by atomic mass is 16.5. The highest BCUT2D eigenvalue weighted by molar-refractivity contribution is 5.91. The Kier molecular flexibility index (Phi) is 4.45. The van der Waals surface area contributed by atoms with Crippen LogP contribution in [0.15, 0.2) is 24.3 Å². The van der Waals surface area contributed by atoms with Gasteiger partial charge in [0.25, 0.3) is 0 Å². The van der Waals surface area contributed by atoms with Crippen molar-refractivity contribution < 1.29 is 9.53 Å². The minimum Gasteiger partial charge on any atom is -0.495 e. The van der Waals surface area contributed by atoms with E-state index < -0.39 is 0 Å². The molecule has 0 unspecified atom stereocenters. The van der Waals surface area contributed by atoms with Crippen molar-refractivity contribution in [1.82, 2.24) is 5.32 Å². The number of hydrogen-bond donors (Lipinski definition) is 2. The molecular weight excluding hydrogens is 228 g/mol. The summed E-state index contributed by atoms with van der Waals surface area (Å²) in [6.07, 6.45) is 5.87. The van der Waals surface area contributed by atoms with Crippen LogP contribution in [-0.2, 0) is 0 Å². The normalized spacial score (nSPS) is 16.1. The lowest BCUT2D eigenvalue weighted by Crippen LogP contribution is -2.39. The van der Waals surface area contributed by atoms with Crippen LogP contribution in [0.3, 0.4) is 0 Å². The fourth-order valence-corrected chi connectivity index (χ4v) is 2.34. The summed E-state index contributed by atoms with van der Waals surface area (Å²) in [5.41, 5.74) is 0.702. The number of amides is 2. The Morgan fingerprint density at radius 2 is 1.94 bits per heavy atom. The van der Waals surface area contributed by atoms with E-state index in [1.807, 2.05) is 24.3 Å². The van der Waals surface area contributed by atoms with Gasteiger partial charge < -0.3 is 15.4 Å². The minimum atomic E-state index is -0.147. The molecule has 4 nitrogen and oxygen atoms in total. The largest absolute Gasteiger partial charge is 0.495 e. The molecule has 0 atom stereocenters. The zero-order valence-electron chi connectivity index (χ0n) is 10.7. The molecule has 1 aliphatic rings. The van der Waals surface area contributed by atoms with Crippen LogP contribution in [0.25, 0.3) is 0 Å². The average molecular weight is 248 g/mol. The molecular formula is C14H20N2O2. The van der Waals surface area contributed by atoms with Gasteiger partial charge in [-0.2, -0.15) is 0 Å². The van der Waals surface area contributed by atoms with E-state index in [1.165, 1.54) is 19.3 Å².